The zero-order valence-corrected chi connectivity index (χ0v) is 13.9. The van der Waals surface area contributed by atoms with Gasteiger partial charge in [0, 0.05) is 11.6 Å². The van der Waals surface area contributed by atoms with Crippen LogP contribution in [0, 0.1) is 11.6 Å². The summed E-state index contributed by atoms with van der Waals surface area (Å²) in [6, 6.07) is 1.79. The highest BCUT2D eigenvalue weighted by molar-refractivity contribution is 5.92. The number of rotatable bonds is 3. The molecule has 2 heterocycles. The minimum Gasteiger partial charge on any atom is -0.494 e. The number of hydrogen-bond acceptors (Lipinski definition) is 5. The summed E-state index contributed by atoms with van der Waals surface area (Å²) < 4.78 is 72.4. The first-order valence-electron chi connectivity index (χ1n) is 7.64. The van der Waals surface area contributed by atoms with Gasteiger partial charge >= 0.3 is 12.1 Å². The molecule has 0 spiro atoms. The number of aromatic hydroxyl groups is 1. The highest BCUT2D eigenvalue weighted by Crippen LogP contribution is 2.39. The third-order valence-corrected chi connectivity index (χ3v) is 3.71. The number of esters is 1. The predicted molar refractivity (Wildman–Crippen MR) is 83.8 cm³/mol. The number of nitrogens with one attached hydrogen (secondary N) is 1. The Labute approximate surface area is 152 Å². The van der Waals surface area contributed by atoms with Gasteiger partial charge in [-0.15, -0.1) is 0 Å². The minimum absolute atomic E-state index is 0.160. The van der Waals surface area contributed by atoms with E-state index in [1.165, 1.54) is 6.92 Å². The molecule has 3 aromatic rings. The molecule has 148 valence electrons. The van der Waals surface area contributed by atoms with E-state index >= 15 is 0 Å². The van der Waals surface area contributed by atoms with Gasteiger partial charge in [0.2, 0.25) is 5.88 Å². The van der Waals surface area contributed by atoms with Crippen LogP contribution in [0.25, 0.3) is 16.8 Å². The Morgan fingerprint density at radius 1 is 1.32 bits per heavy atom. The lowest BCUT2D eigenvalue weighted by atomic mass is 10.0. The fourth-order valence-corrected chi connectivity index (χ4v) is 2.60. The standard InChI is InChI=1S/C16H10F5N3O4/c1-2-28-15(27)10-13(25)22-12-9(7-4-3-6(17)5-8(7)18)11(16(19,20)21)23-24(12)14(10)26/h3-5,22,25H,2H2,1H3. The van der Waals surface area contributed by atoms with Crippen LogP contribution in [-0.2, 0) is 10.9 Å². The molecule has 0 aliphatic heterocycles. The van der Waals surface area contributed by atoms with E-state index in [-0.39, 0.29) is 11.1 Å². The zero-order valence-electron chi connectivity index (χ0n) is 13.9. The average molecular weight is 403 g/mol. The number of aromatic amines is 1. The zero-order chi connectivity index (χ0) is 20.8. The quantitative estimate of drug-likeness (QED) is 0.518. The third-order valence-electron chi connectivity index (χ3n) is 3.71. The van der Waals surface area contributed by atoms with Gasteiger partial charge in [-0.1, -0.05) is 0 Å². The highest BCUT2D eigenvalue weighted by atomic mass is 19.4. The van der Waals surface area contributed by atoms with Gasteiger partial charge in [0.05, 0.1) is 12.2 Å². The summed E-state index contributed by atoms with van der Waals surface area (Å²) in [7, 11) is 0. The maximum atomic E-state index is 14.1. The summed E-state index contributed by atoms with van der Waals surface area (Å²) in [4.78, 5) is 26.3. The Hall–Kier alpha value is -3.44. The summed E-state index contributed by atoms with van der Waals surface area (Å²) in [5, 5.41) is 13.1. The van der Waals surface area contributed by atoms with Crippen LogP contribution in [0.3, 0.4) is 0 Å². The van der Waals surface area contributed by atoms with Crippen LogP contribution in [0.1, 0.15) is 23.0 Å². The van der Waals surface area contributed by atoms with Gasteiger partial charge in [-0.2, -0.15) is 22.8 Å². The van der Waals surface area contributed by atoms with Gasteiger partial charge in [0.25, 0.3) is 5.56 Å². The summed E-state index contributed by atoms with van der Waals surface area (Å²) in [5.74, 6) is -4.77. The molecule has 1 aromatic carbocycles. The van der Waals surface area contributed by atoms with Crippen LogP contribution >= 0.6 is 0 Å². The Morgan fingerprint density at radius 2 is 2.00 bits per heavy atom. The van der Waals surface area contributed by atoms with Crippen molar-refractivity contribution in [1.29, 1.82) is 0 Å². The van der Waals surface area contributed by atoms with Gasteiger partial charge < -0.3 is 14.8 Å². The van der Waals surface area contributed by atoms with Crippen molar-refractivity contribution < 1.29 is 36.6 Å². The summed E-state index contributed by atoms with van der Waals surface area (Å²) in [5.41, 5.74) is -6.46. The molecule has 0 amide bonds. The number of aromatic nitrogens is 3. The summed E-state index contributed by atoms with van der Waals surface area (Å²) in [6.07, 6.45) is -5.14. The molecule has 7 nitrogen and oxygen atoms in total. The molecule has 3 rings (SSSR count). The number of benzene rings is 1. The van der Waals surface area contributed by atoms with E-state index < -0.39 is 63.3 Å². The smallest absolute Gasteiger partial charge is 0.435 e. The fraction of sp³-hybridized carbons (Fsp3) is 0.188. The van der Waals surface area contributed by atoms with Crippen LogP contribution in [0.5, 0.6) is 5.88 Å². The summed E-state index contributed by atoms with van der Waals surface area (Å²) >= 11 is 0. The van der Waals surface area contributed by atoms with Gasteiger partial charge in [-0.05, 0) is 19.1 Å². The first-order chi connectivity index (χ1) is 13.1. The second kappa shape index (κ2) is 6.62. The number of halogens is 5. The first-order valence-corrected chi connectivity index (χ1v) is 7.64. The molecule has 0 atom stereocenters. The van der Waals surface area contributed by atoms with Crippen molar-refractivity contribution in [1.82, 2.24) is 14.6 Å². The van der Waals surface area contributed by atoms with Crippen molar-refractivity contribution >= 4 is 11.6 Å². The van der Waals surface area contributed by atoms with Gasteiger partial charge in [-0.3, -0.25) is 4.79 Å². The van der Waals surface area contributed by atoms with Crippen molar-refractivity contribution in [2.75, 3.05) is 6.61 Å². The Morgan fingerprint density at radius 3 is 2.57 bits per heavy atom. The third kappa shape index (κ3) is 3.06. The van der Waals surface area contributed by atoms with Crippen LogP contribution in [-0.4, -0.2) is 32.3 Å². The van der Waals surface area contributed by atoms with Gasteiger partial charge in [0.1, 0.15) is 17.3 Å². The maximum Gasteiger partial charge on any atom is 0.435 e. The number of carbonyl (C=O) groups excluding carboxylic acids is 1. The number of hydrogen-bond donors (Lipinski definition) is 2. The van der Waals surface area contributed by atoms with Crippen molar-refractivity contribution in [3.63, 3.8) is 0 Å². The number of fused-ring (bicyclic) bond motifs is 1. The molecular formula is C16H10F5N3O4. The lowest BCUT2D eigenvalue weighted by molar-refractivity contribution is -0.140. The molecule has 2 N–H and O–H groups in total. The Bertz CT molecular complexity index is 1150. The molecule has 2 aromatic heterocycles. The van der Waals surface area contributed by atoms with Crippen LogP contribution in [0.2, 0.25) is 0 Å². The SMILES string of the molecule is CCOC(=O)c1c(O)[nH]c2c(-c3ccc(F)cc3F)c(C(F)(F)F)nn2c1=O. The van der Waals surface area contributed by atoms with Crippen molar-refractivity contribution in [2.24, 2.45) is 0 Å². The Balaban J connectivity index is 2.43. The van der Waals surface area contributed by atoms with E-state index in [0.29, 0.717) is 12.1 Å². The number of nitrogens with zero attached hydrogens (tertiary/aromatic N) is 2. The van der Waals surface area contributed by atoms with Crippen LogP contribution in [0.4, 0.5) is 22.0 Å². The molecule has 0 aliphatic rings. The average Bonchev–Trinajstić information content (AvgIpc) is 2.95. The molecule has 0 unspecified atom stereocenters. The first kappa shape index (κ1) is 19.3. The van der Waals surface area contributed by atoms with E-state index in [2.05, 4.69) is 9.84 Å². The van der Waals surface area contributed by atoms with E-state index in [0.717, 1.165) is 6.07 Å². The number of carbonyl (C=O) groups is 1. The fourth-order valence-electron chi connectivity index (χ4n) is 2.60. The molecule has 0 aliphatic carbocycles. The van der Waals surface area contributed by atoms with Gasteiger partial charge in [-0.25, -0.2) is 13.6 Å². The highest BCUT2D eigenvalue weighted by Gasteiger charge is 2.40. The largest absolute Gasteiger partial charge is 0.494 e. The molecule has 0 radical (unpaired) electrons. The van der Waals surface area contributed by atoms with Crippen LogP contribution < -0.4 is 5.56 Å². The second-order valence-corrected chi connectivity index (χ2v) is 5.48. The van der Waals surface area contributed by atoms with E-state index in [1.807, 2.05) is 4.98 Å². The normalized spacial score (nSPS) is 11.8. The molecular weight excluding hydrogens is 393 g/mol. The minimum atomic E-state index is -5.14. The predicted octanol–water partition coefficient (Wildman–Crippen LogP) is 2.87. The topological polar surface area (TPSA) is 96.7 Å². The summed E-state index contributed by atoms with van der Waals surface area (Å²) in [6.45, 7) is 1.24. The van der Waals surface area contributed by atoms with Crippen molar-refractivity contribution in [2.45, 2.75) is 13.1 Å². The maximum absolute atomic E-state index is 14.1. The second-order valence-electron chi connectivity index (χ2n) is 5.48. The van der Waals surface area contributed by atoms with Crippen LogP contribution in [0.15, 0.2) is 23.0 Å². The molecule has 0 bridgehead atoms. The number of alkyl halides is 3. The molecule has 28 heavy (non-hydrogen) atoms. The van der Waals surface area contributed by atoms with Crippen molar-refractivity contribution in [3.05, 3.63) is 51.4 Å². The lowest BCUT2D eigenvalue weighted by Gasteiger charge is -2.08. The number of ether oxygens (including phenoxy) is 1. The molecule has 0 saturated heterocycles. The monoisotopic (exact) mass is 403 g/mol. The molecule has 0 fully saturated rings. The van der Waals surface area contributed by atoms with Gasteiger partial charge in [0.15, 0.2) is 11.3 Å². The van der Waals surface area contributed by atoms with E-state index in [1.54, 1.807) is 0 Å². The van der Waals surface area contributed by atoms with E-state index in [4.69, 9.17) is 0 Å². The van der Waals surface area contributed by atoms with E-state index in [9.17, 15) is 36.6 Å². The van der Waals surface area contributed by atoms with Crippen molar-refractivity contribution in [3.8, 4) is 17.0 Å². The lowest BCUT2D eigenvalue weighted by Crippen LogP contribution is -2.25. The number of H-pyrrole nitrogens is 1. The molecule has 0 saturated carbocycles. The molecule has 12 heteroatoms. The Kier molecular flexibility index (Phi) is 4.57.